The third-order valence-electron chi connectivity index (χ3n) is 5.21. The highest BCUT2D eigenvalue weighted by molar-refractivity contribution is 7.20. The van der Waals surface area contributed by atoms with Gasteiger partial charge in [-0.05, 0) is 44.6 Å². The van der Waals surface area contributed by atoms with Gasteiger partial charge in [-0.3, -0.25) is 14.2 Å². The van der Waals surface area contributed by atoms with Crippen LogP contribution in [0.25, 0.3) is 10.2 Å². The zero-order valence-electron chi connectivity index (χ0n) is 15.5. The first kappa shape index (κ1) is 19.0. The SMILES string of the molecule is CCCCn1cnc2sc(C(=O)N3CCCCC3CCO)c(C)c2c1=O. The molecule has 3 heterocycles. The maximum absolute atomic E-state index is 13.2. The molecule has 0 bridgehead atoms. The Hall–Kier alpha value is -1.73. The number of piperidine rings is 1. The highest BCUT2D eigenvalue weighted by Crippen LogP contribution is 2.30. The van der Waals surface area contributed by atoms with Gasteiger partial charge in [0.05, 0.1) is 16.6 Å². The first-order valence-corrected chi connectivity index (χ1v) is 10.3. The maximum Gasteiger partial charge on any atom is 0.264 e. The van der Waals surface area contributed by atoms with Crippen LogP contribution in [0.15, 0.2) is 11.1 Å². The number of amides is 1. The van der Waals surface area contributed by atoms with Gasteiger partial charge in [0.15, 0.2) is 0 Å². The minimum Gasteiger partial charge on any atom is -0.396 e. The Balaban J connectivity index is 1.97. The van der Waals surface area contributed by atoms with Crippen LogP contribution in [0, 0.1) is 6.92 Å². The average Bonchev–Trinajstić information content (AvgIpc) is 2.99. The van der Waals surface area contributed by atoms with Crippen molar-refractivity contribution in [3.05, 3.63) is 27.1 Å². The molecule has 1 N–H and O–H groups in total. The fourth-order valence-electron chi connectivity index (χ4n) is 3.70. The summed E-state index contributed by atoms with van der Waals surface area (Å²) < 4.78 is 1.65. The molecule has 2 aromatic heterocycles. The number of thiophene rings is 1. The Kier molecular flexibility index (Phi) is 6.09. The molecule has 6 nitrogen and oxygen atoms in total. The summed E-state index contributed by atoms with van der Waals surface area (Å²) in [6, 6.07) is 0.0834. The Morgan fingerprint density at radius 1 is 1.42 bits per heavy atom. The summed E-state index contributed by atoms with van der Waals surface area (Å²) in [6.45, 7) is 5.39. The molecule has 3 rings (SSSR count). The molecule has 2 aromatic rings. The monoisotopic (exact) mass is 377 g/mol. The molecule has 7 heteroatoms. The van der Waals surface area contributed by atoms with E-state index in [0.29, 0.717) is 34.6 Å². The minimum absolute atomic E-state index is 0.0249. The number of aliphatic hydroxyl groups excluding tert-OH is 1. The highest BCUT2D eigenvalue weighted by atomic mass is 32.1. The lowest BCUT2D eigenvalue weighted by atomic mass is 9.99. The molecule has 0 radical (unpaired) electrons. The quantitative estimate of drug-likeness (QED) is 0.840. The first-order valence-electron chi connectivity index (χ1n) is 9.48. The molecule has 26 heavy (non-hydrogen) atoms. The van der Waals surface area contributed by atoms with E-state index in [1.807, 2.05) is 11.8 Å². The van der Waals surface area contributed by atoms with E-state index in [4.69, 9.17) is 0 Å². The maximum atomic E-state index is 13.2. The number of fused-ring (bicyclic) bond motifs is 1. The largest absolute Gasteiger partial charge is 0.396 e. The second-order valence-corrected chi connectivity index (χ2v) is 7.99. The van der Waals surface area contributed by atoms with Crippen molar-refractivity contribution in [2.24, 2.45) is 0 Å². The smallest absolute Gasteiger partial charge is 0.264 e. The van der Waals surface area contributed by atoms with Crippen LogP contribution in [-0.2, 0) is 6.54 Å². The number of aromatic nitrogens is 2. The van der Waals surface area contributed by atoms with Crippen LogP contribution in [0.1, 0.15) is 60.7 Å². The zero-order valence-corrected chi connectivity index (χ0v) is 16.3. The van der Waals surface area contributed by atoms with Crippen molar-refractivity contribution in [2.45, 2.75) is 65.0 Å². The van der Waals surface area contributed by atoms with Crippen LogP contribution < -0.4 is 5.56 Å². The van der Waals surface area contributed by atoms with Gasteiger partial charge in [0.1, 0.15) is 4.83 Å². The molecular formula is C19H27N3O3S. The second-order valence-electron chi connectivity index (χ2n) is 6.99. The van der Waals surface area contributed by atoms with Crippen LogP contribution in [0.2, 0.25) is 0 Å². The summed E-state index contributed by atoms with van der Waals surface area (Å²) in [6.07, 6.45) is 7.15. The molecule has 1 unspecified atom stereocenters. The predicted molar refractivity (Wildman–Crippen MR) is 104 cm³/mol. The number of carbonyl (C=O) groups excluding carboxylic acids is 1. The summed E-state index contributed by atoms with van der Waals surface area (Å²) in [4.78, 5) is 33.5. The fourth-order valence-corrected chi connectivity index (χ4v) is 4.79. The topological polar surface area (TPSA) is 75.4 Å². The van der Waals surface area contributed by atoms with E-state index in [0.717, 1.165) is 37.7 Å². The van der Waals surface area contributed by atoms with Gasteiger partial charge in [0.2, 0.25) is 0 Å². The standard InChI is InChI=1S/C19H27N3O3S/c1-3-4-9-21-12-20-17-15(18(21)24)13(2)16(26-17)19(25)22-10-6-5-7-14(22)8-11-23/h12,14,23H,3-11H2,1-2H3. The summed E-state index contributed by atoms with van der Waals surface area (Å²) >= 11 is 1.31. The molecule has 1 amide bonds. The predicted octanol–water partition coefficient (Wildman–Crippen LogP) is 2.94. The van der Waals surface area contributed by atoms with Crippen LogP contribution >= 0.6 is 11.3 Å². The van der Waals surface area contributed by atoms with E-state index in [1.165, 1.54) is 11.3 Å². The van der Waals surface area contributed by atoms with Crippen LogP contribution in [0.3, 0.4) is 0 Å². The van der Waals surface area contributed by atoms with Crippen molar-refractivity contribution >= 4 is 27.5 Å². The minimum atomic E-state index is -0.0539. The van der Waals surface area contributed by atoms with Crippen molar-refractivity contribution in [3.8, 4) is 0 Å². The van der Waals surface area contributed by atoms with Crippen molar-refractivity contribution in [1.82, 2.24) is 14.5 Å². The number of hydrogen-bond donors (Lipinski definition) is 1. The Bertz CT molecular complexity index is 840. The molecular weight excluding hydrogens is 350 g/mol. The second kappa shape index (κ2) is 8.31. The summed E-state index contributed by atoms with van der Waals surface area (Å²) in [7, 11) is 0. The molecule has 1 fully saturated rings. The number of aliphatic hydroxyl groups is 1. The van der Waals surface area contributed by atoms with E-state index in [1.54, 1.807) is 10.9 Å². The number of rotatable bonds is 6. The molecule has 142 valence electrons. The molecule has 1 aliphatic heterocycles. The van der Waals surface area contributed by atoms with E-state index in [-0.39, 0.29) is 24.1 Å². The van der Waals surface area contributed by atoms with Crippen LogP contribution in [0.5, 0.6) is 0 Å². The van der Waals surface area contributed by atoms with E-state index < -0.39 is 0 Å². The summed E-state index contributed by atoms with van der Waals surface area (Å²) in [5.74, 6) is -0.0249. The lowest BCUT2D eigenvalue weighted by molar-refractivity contribution is 0.0579. The van der Waals surface area contributed by atoms with Crippen molar-refractivity contribution in [2.75, 3.05) is 13.2 Å². The molecule has 1 atom stereocenters. The molecule has 1 aliphatic rings. The third kappa shape index (κ3) is 3.55. The van der Waals surface area contributed by atoms with Gasteiger partial charge in [0.25, 0.3) is 11.5 Å². The Morgan fingerprint density at radius 3 is 2.96 bits per heavy atom. The third-order valence-corrected chi connectivity index (χ3v) is 6.40. The van der Waals surface area contributed by atoms with Gasteiger partial charge in [0, 0.05) is 25.7 Å². The number of nitrogens with zero attached hydrogens (tertiary/aromatic N) is 3. The van der Waals surface area contributed by atoms with Crippen molar-refractivity contribution in [3.63, 3.8) is 0 Å². The zero-order chi connectivity index (χ0) is 18.7. The Morgan fingerprint density at radius 2 is 2.23 bits per heavy atom. The van der Waals surface area contributed by atoms with E-state index in [9.17, 15) is 14.7 Å². The number of carbonyl (C=O) groups is 1. The summed E-state index contributed by atoms with van der Waals surface area (Å²) in [5, 5.41) is 9.88. The average molecular weight is 378 g/mol. The highest BCUT2D eigenvalue weighted by Gasteiger charge is 2.30. The number of unbranched alkanes of at least 4 members (excludes halogenated alkanes) is 1. The normalized spacial score (nSPS) is 17.8. The van der Waals surface area contributed by atoms with Crippen molar-refractivity contribution < 1.29 is 9.90 Å². The van der Waals surface area contributed by atoms with Crippen LogP contribution in [0.4, 0.5) is 0 Å². The Labute approximate surface area is 157 Å². The number of aryl methyl sites for hydroxylation is 2. The molecule has 0 aromatic carbocycles. The first-order chi connectivity index (χ1) is 12.6. The van der Waals surface area contributed by atoms with Gasteiger partial charge in [-0.2, -0.15) is 0 Å². The van der Waals surface area contributed by atoms with Gasteiger partial charge in [-0.25, -0.2) is 4.98 Å². The van der Waals surface area contributed by atoms with E-state index in [2.05, 4.69) is 11.9 Å². The van der Waals surface area contributed by atoms with Gasteiger partial charge >= 0.3 is 0 Å². The van der Waals surface area contributed by atoms with Gasteiger partial charge in [-0.15, -0.1) is 11.3 Å². The van der Waals surface area contributed by atoms with Gasteiger partial charge < -0.3 is 10.0 Å². The van der Waals surface area contributed by atoms with E-state index >= 15 is 0 Å². The lowest BCUT2D eigenvalue weighted by Crippen LogP contribution is -2.44. The lowest BCUT2D eigenvalue weighted by Gasteiger charge is -2.35. The van der Waals surface area contributed by atoms with Crippen LogP contribution in [-0.4, -0.2) is 44.7 Å². The molecule has 0 saturated carbocycles. The number of likely N-dealkylation sites (tertiary alicyclic amines) is 1. The fraction of sp³-hybridized carbons (Fsp3) is 0.632. The molecule has 1 saturated heterocycles. The summed E-state index contributed by atoms with van der Waals surface area (Å²) in [5.41, 5.74) is 0.688. The molecule has 0 aliphatic carbocycles. The number of hydrogen-bond acceptors (Lipinski definition) is 5. The van der Waals surface area contributed by atoms with Crippen molar-refractivity contribution in [1.29, 1.82) is 0 Å². The van der Waals surface area contributed by atoms with Gasteiger partial charge in [-0.1, -0.05) is 13.3 Å². The molecule has 0 spiro atoms.